The third-order valence-electron chi connectivity index (χ3n) is 4.14. The summed E-state index contributed by atoms with van der Waals surface area (Å²) in [6, 6.07) is 7.83. The summed E-state index contributed by atoms with van der Waals surface area (Å²) < 4.78 is 0. The zero-order valence-electron chi connectivity index (χ0n) is 13.8. The normalized spacial score (nSPS) is 11.7. The second-order valence-electron chi connectivity index (χ2n) is 6.47. The van der Waals surface area contributed by atoms with Crippen LogP contribution in [0.4, 0.5) is 0 Å². The maximum absolute atomic E-state index is 12.3. The molecule has 3 nitrogen and oxygen atoms in total. The second-order valence-corrected chi connectivity index (χ2v) is 6.47. The van der Waals surface area contributed by atoms with Gasteiger partial charge in [0, 0.05) is 12.1 Å². The Balaban J connectivity index is 0.00000400. The first-order valence-electron chi connectivity index (χ1n) is 7.41. The van der Waals surface area contributed by atoms with Crippen LogP contribution in [-0.4, -0.2) is 18.0 Å². The first-order valence-corrected chi connectivity index (χ1v) is 7.41. The molecule has 1 aromatic rings. The minimum absolute atomic E-state index is 0. The van der Waals surface area contributed by atoms with Crippen molar-refractivity contribution in [2.24, 2.45) is 5.73 Å². The van der Waals surface area contributed by atoms with Gasteiger partial charge in [-0.3, -0.25) is 4.79 Å². The highest BCUT2D eigenvalue weighted by Crippen LogP contribution is 2.22. The highest BCUT2D eigenvalue weighted by molar-refractivity contribution is 5.94. The Morgan fingerprint density at radius 3 is 1.90 bits per heavy atom. The lowest BCUT2D eigenvalue weighted by Gasteiger charge is -2.31. The van der Waals surface area contributed by atoms with Crippen molar-refractivity contribution in [3.05, 3.63) is 35.4 Å². The molecule has 0 heterocycles. The standard InChI is InChI=1S/C17H28N2O.ClH/c1-6-17(7-2,12-18)19-15(20)13-8-10-14(11-9-13)16(3,4)5;/h8-11H,6-7,12,18H2,1-5H3,(H,19,20);1H. The summed E-state index contributed by atoms with van der Waals surface area (Å²) in [5.74, 6) is -0.0420. The maximum Gasteiger partial charge on any atom is 0.251 e. The number of benzene rings is 1. The van der Waals surface area contributed by atoms with Gasteiger partial charge in [-0.25, -0.2) is 0 Å². The van der Waals surface area contributed by atoms with Crippen LogP contribution in [0.15, 0.2) is 24.3 Å². The van der Waals surface area contributed by atoms with Gasteiger partial charge in [-0.05, 0) is 36.0 Å². The van der Waals surface area contributed by atoms with Crippen LogP contribution in [0.2, 0.25) is 0 Å². The van der Waals surface area contributed by atoms with Gasteiger partial charge in [-0.2, -0.15) is 0 Å². The number of carbonyl (C=O) groups is 1. The van der Waals surface area contributed by atoms with E-state index >= 15 is 0 Å². The van der Waals surface area contributed by atoms with E-state index in [4.69, 9.17) is 5.73 Å². The number of nitrogens with one attached hydrogen (secondary N) is 1. The number of hydrogen-bond acceptors (Lipinski definition) is 2. The SMILES string of the molecule is CCC(CC)(CN)NC(=O)c1ccc(C(C)(C)C)cc1.Cl. The summed E-state index contributed by atoms with van der Waals surface area (Å²) in [4.78, 5) is 12.3. The molecule has 0 radical (unpaired) electrons. The third-order valence-corrected chi connectivity index (χ3v) is 4.14. The summed E-state index contributed by atoms with van der Waals surface area (Å²) in [5, 5.41) is 3.09. The van der Waals surface area contributed by atoms with Gasteiger partial charge in [0.1, 0.15) is 0 Å². The van der Waals surface area contributed by atoms with Gasteiger partial charge in [-0.1, -0.05) is 46.8 Å². The van der Waals surface area contributed by atoms with E-state index in [0.717, 1.165) is 12.8 Å². The van der Waals surface area contributed by atoms with Crippen LogP contribution in [0.5, 0.6) is 0 Å². The predicted molar refractivity (Wildman–Crippen MR) is 92.2 cm³/mol. The molecule has 0 saturated carbocycles. The molecular formula is C17H29ClN2O. The van der Waals surface area contributed by atoms with Crippen molar-refractivity contribution in [1.29, 1.82) is 0 Å². The summed E-state index contributed by atoms with van der Waals surface area (Å²) in [7, 11) is 0. The molecular weight excluding hydrogens is 284 g/mol. The molecule has 21 heavy (non-hydrogen) atoms. The molecule has 0 saturated heterocycles. The number of halogens is 1. The Bertz CT molecular complexity index is 437. The molecule has 0 unspecified atom stereocenters. The average molecular weight is 313 g/mol. The molecule has 0 bridgehead atoms. The van der Waals surface area contributed by atoms with Crippen molar-refractivity contribution in [3.8, 4) is 0 Å². The van der Waals surface area contributed by atoms with Crippen LogP contribution in [0.25, 0.3) is 0 Å². The van der Waals surface area contributed by atoms with Gasteiger partial charge >= 0.3 is 0 Å². The zero-order chi connectivity index (χ0) is 15.4. The summed E-state index contributed by atoms with van der Waals surface area (Å²) in [6.07, 6.45) is 1.68. The van der Waals surface area contributed by atoms with Crippen molar-refractivity contribution in [3.63, 3.8) is 0 Å². The monoisotopic (exact) mass is 312 g/mol. The molecule has 0 fully saturated rings. The molecule has 3 N–H and O–H groups in total. The van der Waals surface area contributed by atoms with Crippen LogP contribution in [0.1, 0.15) is 63.4 Å². The van der Waals surface area contributed by atoms with Gasteiger partial charge in [-0.15, -0.1) is 12.4 Å². The minimum Gasteiger partial charge on any atom is -0.345 e. The third kappa shape index (κ3) is 5.01. The lowest BCUT2D eigenvalue weighted by molar-refractivity contribution is 0.0895. The van der Waals surface area contributed by atoms with Crippen molar-refractivity contribution >= 4 is 18.3 Å². The molecule has 0 atom stereocenters. The second kappa shape index (κ2) is 7.81. The summed E-state index contributed by atoms with van der Waals surface area (Å²) in [5.41, 5.74) is 7.55. The molecule has 0 aliphatic heterocycles. The first kappa shape index (κ1) is 19.9. The quantitative estimate of drug-likeness (QED) is 0.872. The van der Waals surface area contributed by atoms with Crippen LogP contribution >= 0.6 is 12.4 Å². The highest BCUT2D eigenvalue weighted by Gasteiger charge is 2.26. The van der Waals surface area contributed by atoms with Crippen molar-refractivity contribution in [1.82, 2.24) is 5.32 Å². The lowest BCUT2D eigenvalue weighted by Crippen LogP contribution is -2.52. The van der Waals surface area contributed by atoms with Gasteiger partial charge < -0.3 is 11.1 Å². The fraction of sp³-hybridized carbons (Fsp3) is 0.588. The van der Waals surface area contributed by atoms with Crippen LogP contribution in [-0.2, 0) is 5.41 Å². The van der Waals surface area contributed by atoms with Crippen molar-refractivity contribution in [2.45, 2.75) is 58.4 Å². The molecule has 4 heteroatoms. The van der Waals surface area contributed by atoms with Gasteiger partial charge in [0.2, 0.25) is 0 Å². The zero-order valence-corrected chi connectivity index (χ0v) is 14.6. The maximum atomic E-state index is 12.3. The molecule has 120 valence electrons. The van der Waals surface area contributed by atoms with Gasteiger partial charge in [0.05, 0.1) is 5.54 Å². The van der Waals surface area contributed by atoms with Crippen molar-refractivity contribution in [2.75, 3.05) is 6.54 Å². The Kier molecular flexibility index (Phi) is 7.41. The number of amides is 1. The summed E-state index contributed by atoms with van der Waals surface area (Å²) >= 11 is 0. The molecule has 1 amide bonds. The van der Waals surface area contributed by atoms with Crippen LogP contribution < -0.4 is 11.1 Å². The van der Waals surface area contributed by atoms with E-state index in [1.807, 2.05) is 24.3 Å². The molecule has 1 aromatic carbocycles. The number of hydrogen-bond donors (Lipinski definition) is 2. The molecule has 0 aromatic heterocycles. The van der Waals surface area contributed by atoms with E-state index in [-0.39, 0.29) is 29.3 Å². The van der Waals surface area contributed by atoms with Crippen LogP contribution in [0, 0.1) is 0 Å². The number of nitrogens with two attached hydrogens (primary N) is 1. The molecule has 1 rings (SSSR count). The lowest BCUT2D eigenvalue weighted by atomic mass is 9.86. The fourth-order valence-electron chi connectivity index (χ4n) is 2.20. The van der Waals surface area contributed by atoms with Crippen molar-refractivity contribution < 1.29 is 4.79 Å². The van der Waals surface area contributed by atoms with Crippen LogP contribution in [0.3, 0.4) is 0 Å². The van der Waals surface area contributed by atoms with E-state index in [1.54, 1.807) is 0 Å². The number of carbonyl (C=O) groups excluding carboxylic acids is 1. The fourth-order valence-corrected chi connectivity index (χ4v) is 2.20. The Labute approximate surface area is 135 Å². The summed E-state index contributed by atoms with van der Waals surface area (Å²) in [6.45, 7) is 11.1. The number of rotatable bonds is 5. The average Bonchev–Trinajstić information content (AvgIpc) is 2.44. The topological polar surface area (TPSA) is 55.1 Å². The van der Waals surface area contributed by atoms with E-state index in [1.165, 1.54) is 5.56 Å². The van der Waals surface area contributed by atoms with E-state index in [2.05, 4.69) is 39.9 Å². The highest BCUT2D eigenvalue weighted by atomic mass is 35.5. The van der Waals surface area contributed by atoms with E-state index in [0.29, 0.717) is 12.1 Å². The van der Waals surface area contributed by atoms with E-state index < -0.39 is 0 Å². The largest absolute Gasteiger partial charge is 0.345 e. The predicted octanol–water partition coefficient (Wildman–Crippen LogP) is 3.65. The van der Waals surface area contributed by atoms with Gasteiger partial charge in [0.25, 0.3) is 5.91 Å². The minimum atomic E-state index is -0.292. The Hall–Kier alpha value is -1.06. The molecule has 0 aliphatic carbocycles. The van der Waals surface area contributed by atoms with E-state index in [9.17, 15) is 4.79 Å². The van der Waals surface area contributed by atoms with Gasteiger partial charge in [0.15, 0.2) is 0 Å². The molecule has 0 spiro atoms. The smallest absolute Gasteiger partial charge is 0.251 e. The Morgan fingerprint density at radius 1 is 1.10 bits per heavy atom. The first-order chi connectivity index (χ1) is 9.28. The Morgan fingerprint density at radius 2 is 1.57 bits per heavy atom. The molecule has 0 aliphatic rings.